The zero-order valence-electron chi connectivity index (χ0n) is 11.7. The van der Waals surface area contributed by atoms with E-state index in [2.05, 4.69) is 27.7 Å². The molecule has 1 aromatic heterocycles. The summed E-state index contributed by atoms with van der Waals surface area (Å²) >= 11 is 1.88. The Hall–Kier alpha value is -0.870. The molecule has 1 saturated heterocycles. The van der Waals surface area contributed by atoms with Gasteiger partial charge in [-0.05, 0) is 49.7 Å². The molecule has 106 valence electrons. The Kier molecular flexibility index (Phi) is 5.86. The molecule has 0 atom stereocenters. The minimum absolute atomic E-state index is 0.191. The summed E-state index contributed by atoms with van der Waals surface area (Å²) in [6, 6.07) is 4.41. The average Bonchev–Trinajstić information content (AvgIpc) is 2.94. The Morgan fingerprint density at radius 1 is 1.47 bits per heavy atom. The molecule has 0 aliphatic carbocycles. The highest BCUT2D eigenvalue weighted by Gasteiger charge is 2.20. The molecule has 1 aromatic rings. The third-order valence-electron chi connectivity index (χ3n) is 3.76. The van der Waals surface area contributed by atoms with Crippen LogP contribution < -0.4 is 5.32 Å². The maximum Gasteiger partial charge on any atom is 0.220 e. The first-order valence-corrected chi connectivity index (χ1v) is 8.20. The van der Waals surface area contributed by atoms with Crippen LogP contribution in [-0.2, 0) is 4.79 Å². The summed E-state index contributed by atoms with van der Waals surface area (Å²) < 4.78 is 0. The Balaban J connectivity index is 1.62. The topological polar surface area (TPSA) is 32.3 Å². The third-order valence-corrected chi connectivity index (χ3v) is 4.80. The van der Waals surface area contributed by atoms with Gasteiger partial charge >= 0.3 is 0 Å². The molecule has 2 heterocycles. The summed E-state index contributed by atoms with van der Waals surface area (Å²) in [5.41, 5.74) is 0. The number of nitrogens with zero attached hydrogens (tertiary/aromatic N) is 1. The van der Waals surface area contributed by atoms with Crippen molar-refractivity contribution in [3.63, 3.8) is 0 Å². The standard InChI is InChI=1S/C15H24N2OS/c1-2-4-15(18)16-8-11-17-9-6-13(7-10-17)14-5-3-12-19-14/h3,5,12-13H,2,4,6-11H2,1H3,(H,16,18). The molecule has 0 radical (unpaired) electrons. The SMILES string of the molecule is CCCC(=O)NCCN1CCC(c2cccs2)CC1. The van der Waals surface area contributed by atoms with Crippen molar-refractivity contribution in [1.29, 1.82) is 0 Å². The first-order valence-electron chi connectivity index (χ1n) is 7.32. The lowest BCUT2D eigenvalue weighted by Crippen LogP contribution is -2.39. The van der Waals surface area contributed by atoms with E-state index in [1.807, 2.05) is 18.3 Å². The third kappa shape index (κ3) is 4.62. The van der Waals surface area contributed by atoms with E-state index in [1.165, 1.54) is 17.7 Å². The summed E-state index contributed by atoms with van der Waals surface area (Å²) in [5.74, 6) is 0.946. The van der Waals surface area contributed by atoms with Crippen molar-refractivity contribution >= 4 is 17.2 Å². The van der Waals surface area contributed by atoms with Crippen molar-refractivity contribution in [2.75, 3.05) is 26.2 Å². The average molecular weight is 280 g/mol. The van der Waals surface area contributed by atoms with Crippen LogP contribution in [0.5, 0.6) is 0 Å². The smallest absolute Gasteiger partial charge is 0.220 e. The van der Waals surface area contributed by atoms with Gasteiger partial charge in [0.25, 0.3) is 0 Å². The van der Waals surface area contributed by atoms with Gasteiger partial charge in [-0.3, -0.25) is 4.79 Å². The predicted molar refractivity (Wildman–Crippen MR) is 80.7 cm³/mol. The van der Waals surface area contributed by atoms with Gasteiger partial charge in [-0.25, -0.2) is 0 Å². The van der Waals surface area contributed by atoms with Crippen LogP contribution >= 0.6 is 11.3 Å². The van der Waals surface area contributed by atoms with Crippen molar-refractivity contribution in [3.8, 4) is 0 Å². The Morgan fingerprint density at radius 3 is 2.89 bits per heavy atom. The van der Waals surface area contributed by atoms with Crippen LogP contribution in [0.15, 0.2) is 17.5 Å². The molecule has 4 heteroatoms. The number of carbonyl (C=O) groups is 1. The molecule has 1 amide bonds. The fourth-order valence-corrected chi connectivity index (χ4v) is 3.53. The number of nitrogens with one attached hydrogen (secondary N) is 1. The molecule has 1 aliphatic rings. The van der Waals surface area contributed by atoms with E-state index < -0.39 is 0 Å². The minimum Gasteiger partial charge on any atom is -0.355 e. The monoisotopic (exact) mass is 280 g/mol. The number of hydrogen-bond donors (Lipinski definition) is 1. The zero-order chi connectivity index (χ0) is 13.5. The first-order chi connectivity index (χ1) is 9.29. The molecule has 1 fully saturated rings. The summed E-state index contributed by atoms with van der Waals surface area (Å²) in [5, 5.41) is 5.16. The van der Waals surface area contributed by atoms with Crippen LogP contribution in [0, 0.1) is 0 Å². The van der Waals surface area contributed by atoms with Gasteiger partial charge in [-0.15, -0.1) is 11.3 Å². The molecule has 1 aliphatic heterocycles. The highest BCUT2D eigenvalue weighted by Crippen LogP contribution is 2.30. The van der Waals surface area contributed by atoms with Crippen molar-refractivity contribution in [1.82, 2.24) is 10.2 Å². The second-order valence-electron chi connectivity index (χ2n) is 5.23. The van der Waals surface area contributed by atoms with Crippen molar-refractivity contribution in [3.05, 3.63) is 22.4 Å². The number of rotatable bonds is 6. The minimum atomic E-state index is 0.191. The molecule has 0 bridgehead atoms. The van der Waals surface area contributed by atoms with Crippen molar-refractivity contribution < 1.29 is 4.79 Å². The van der Waals surface area contributed by atoms with Gasteiger partial charge in [0.1, 0.15) is 0 Å². The fourth-order valence-electron chi connectivity index (χ4n) is 2.63. The molecule has 0 aromatic carbocycles. The van der Waals surface area contributed by atoms with E-state index >= 15 is 0 Å². The summed E-state index contributed by atoms with van der Waals surface area (Å²) in [6.07, 6.45) is 4.09. The van der Waals surface area contributed by atoms with Gasteiger partial charge in [-0.2, -0.15) is 0 Å². The van der Waals surface area contributed by atoms with Gasteiger partial charge in [0.05, 0.1) is 0 Å². The van der Waals surface area contributed by atoms with Crippen LogP contribution in [0.25, 0.3) is 0 Å². The maximum absolute atomic E-state index is 11.4. The van der Waals surface area contributed by atoms with Gasteiger partial charge < -0.3 is 10.2 Å². The van der Waals surface area contributed by atoms with E-state index in [9.17, 15) is 4.79 Å². The normalized spacial score (nSPS) is 17.5. The van der Waals surface area contributed by atoms with Crippen molar-refractivity contribution in [2.24, 2.45) is 0 Å². The molecule has 2 rings (SSSR count). The van der Waals surface area contributed by atoms with Gasteiger partial charge in [0.2, 0.25) is 5.91 Å². The van der Waals surface area contributed by atoms with Crippen LogP contribution in [0.3, 0.4) is 0 Å². The van der Waals surface area contributed by atoms with E-state index in [1.54, 1.807) is 0 Å². The van der Waals surface area contributed by atoms with Crippen LogP contribution in [0.2, 0.25) is 0 Å². The van der Waals surface area contributed by atoms with E-state index in [4.69, 9.17) is 0 Å². The molecular formula is C15H24N2OS. The van der Waals surface area contributed by atoms with E-state index in [0.29, 0.717) is 6.42 Å². The summed E-state index contributed by atoms with van der Waals surface area (Å²) in [4.78, 5) is 15.4. The maximum atomic E-state index is 11.4. The second kappa shape index (κ2) is 7.65. The number of thiophene rings is 1. The van der Waals surface area contributed by atoms with Gasteiger partial charge in [0.15, 0.2) is 0 Å². The first kappa shape index (κ1) is 14.5. The number of hydrogen-bond acceptors (Lipinski definition) is 3. The molecule has 0 unspecified atom stereocenters. The lowest BCUT2D eigenvalue weighted by atomic mass is 9.95. The Labute approximate surface area is 120 Å². The van der Waals surface area contributed by atoms with E-state index in [0.717, 1.165) is 38.5 Å². The fraction of sp³-hybridized carbons (Fsp3) is 0.667. The Bertz CT molecular complexity index is 370. The molecule has 3 nitrogen and oxygen atoms in total. The lowest BCUT2D eigenvalue weighted by molar-refractivity contribution is -0.121. The summed E-state index contributed by atoms with van der Waals surface area (Å²) in [7, 11) is 0. The molecule has 19 heavy (non-hydrogen) atoms. The van der Waals surface area contributed by atoms with Gasteiger partial charge in [-0.1, -0.05) is 13.0 Å². The number of carbonyl (C=O) groups excluding carboxylic acids is 1. The lowest BCUT2D eigenvalue weighted by Gasteiger charge is -2.31. The highest BCUT2D eigenvalue weighted by atomic mass is 32.1. The van der Waals surface area contributed by atoms with Crippen LogP contribution in [0.1, 0.15) is 43.4 Å². The largest absolute Gasteiger partial charge is 0.355 e. The summed E-state index contributed by atoms with van der Waals surface area (Å²) in [6.45, 7) is 6.14. The number of amides is 1. The number of likely N-dealkylation sites (tertiary alicyclic amines) is 1. The number of piperidine rings is 1. The van der Waals surface area contributed by atoms with E-state index in [-0.39, 0.29) is 5.91 Å². The quantitative estimate of drug-likeness (QED) is 0.869. The highest BCUT2D eigenvalue weighted by molar-refractivity contribution is 7.10. The second-order valence-corrected chi connectivity index (χ2v) is 6.21. The molecule has 1 N–H and O–H groups in total. The molecular weight excluding hydrogens is 256 g/mol. The predicted octanol–water partition coefficient (Wildman–Crippen LogP) is 2.84. The zero-order valence-corrected chi connectivity index (χ0v) is 12.5. The van der Waals surface area contributed by atoms with Gasteiger partial charge in [0, 0.05) is 24.4 Å². The van der Waals surface area contributed by atoms with Crippen molar-refractivity contribution in [2.45, 2.75) is 38.5 Å². The Morgan fingerprint density at radius 2 is 2.26 bits per heavy atom. The van der Waals surface area contributed by atoms with Crippen LogP contribution in [-0.4, -0.2) is 37.0 Å². The molecule has 0 saturated carbocycles. The molecule has 0 spiro atoms. The van der Waals surface area contributed by atoms with Crippen LogP contribution in [0.4, 0.5) is 0 Å².